The number of nitrogens with zero attached hydrogens (tertiary/aromatic N) is 1. The highest BCUT2D eigenvalue weighted by Gasteiger charge is 2.15. The van der Waals surface area contributed by atoms with E-state index < -0.39 is 5.97 Å². The van der Waals surface area contributed by atoms with Crippen LogP contribution >= 0.6 is 0 Å². The zero-order chi connectivity index (χ0) is 12.4. The molecule has 0 saturated heterocycles. The lowest BCUT2D eigenvalue weighted by molar-refractivity contribution is 0.0689. The summed E-state index contributed by atoms with van der Waals surface area (Å²) in [6, 6.07) is 8.05. The third-order valence-electron chi connectivity index (χ3n) is 2.79. The van der Waals surface area contributed by atoms with Crippen LogP contribution in [0.15, 0.2) is 24.3 Å². The van der Waals surface area contributed by atoms with Crippen molar-refractivity contribution in [3.8, 4) is 0 Å². The van der Waals surface area contributed by atoms with Gasteiger partial charge >= 0.3 is 5.97 Å². The lowest BCUT2D eigenvalue weighted by Gasteiger charge is -2.02. The number of benzene rings is 1. The molecule has 1 heterocycles. The molecule has 0 aliphatic carbocycles. The fourth-order valence-electron chi connectivity index (χ4n) is 1.76. The first-order valence-electron chi connectivity index (χ1n) is 5.40. The van der Waals surface area contributed by atoms with Crippen LogP contribution in [0.25, 0.3) is 0 Å². The maximum absolute atomic E-state index is 11.0. The van der Waals surface area contributed by atoms with Crippen molar-refractivity contribution in [2.75, 3.05) is 0 Å². The van der Waals surface area contributed by atoms with Crippen LogP contribution in [0.2, 0.25) is 0 Å². The quantitative estimate of drug-likeness (QED) is 0.850. The molecule has 0 bridgehead atoms. The molecule has 0 atom stereocenters. The van der Waals surface area contributed by atoms with E-state index in [0.29, 0.717) is 6.42 Å². The Morgan fingerprint density at radius 3 is 2.53 bits per heavy atom. The lowest BCUT2D eigenvalue weighted by atomic mass is 10.0. The van der Waals surface area contributed by atoms with E-state index in [4.69, 9.17) is 5.11 Å². The highest BCUT2D eigenvalue weighted by molar-refractivity contribution is 5.87. The van der Waals surface area contributed by atoms with E-state index in [0.717, 1.165) is 16.8 Å². The summed E-state index contributed by atoms with van der Waals surface area (Å²) in [5, 5.41) is 15.5. The number of carboxylic acids is 1. The molecule has 0 aliphatic heterocycles. The molecular formula is C13H14N2O2. The zero-order valence-corrected chi connectivity index (χ0v) is 9.82. The topological polar surface area (TPSA) is 66.0 Å². The fraction of sp³-hybridized carbons (Fsp3) is 0.231. The Kier molecular flexibility index (Phi) is 2.95. The molecule has 4 heteroatoms. The van der Waals surface area contributed by atoms with E-state index in [2.05, 4.69) is 10.2 Å². The number of carboxylic acid groups (broad SMARTS) is 1. The number of carbonyl (C=O) groups is 1. The second-order valence-electron chi connectivity index (χ2n) is 4.13. The first-order valence-corrected chi connectivity index (χ1v) is 5.40. The predicted molar refractivity (Wildman–Crippen MR) is 64.3 cm³/mol. The Bertz CT molecular complexity index is 541. The number of rotatable bonds is 3. The summed E-state index contributed by atoms with van der Waals surface area (Å²) in [6.07, 6.45) is 0.588. The van der Waals surface area contributed by atoms with Crippen LogP contribution in [0.5, 0.6) is 0 Å². The summed E-state index contributed by atoms with van der Waals surface area (Å²) in [5.41, 5.74) is 3.95. The average molecular weight is 230 g/mol. The Morgan fingerprint density at radius 2 is 1.94 bits per heavy atom. The molecule has 1 aromatic carbocycles. The second-order valence-corrected chi connectivity index (χ2v) is 4.13. The molecule has 0 amide bonds. The zero-order valence-electron chi connectivity index (χ0n) is 9.82. The molecule has 4 nitrogen and oxygen atoms in total. The fourth-order valence-corrected chi connectivity index (χ4v) is 1.76. The van der Waals surface area contributed by atoms with Gasteiger partial charge in [0, 0.05) is 12.0 Å². The highest BCUT2D eigenvalue weighted by atomic mass is 16.4. The summed E-state index contributed by atoms with van der Waals surface area (Å²) in [7, 11) is 0. The SMILES string of the molecule is Cc1ccc(Cc2c(C)n[nH]c2C(=O)O)cc1. The van der Waals surface area contributed by atoms with Gasteiger partial charge in [-0.05, 0) is 19.4 Å². The Labute approximate surface area is 99.3 Å². The van der Waals surface area contributed by atoms with Crippen LogP contribution in [-0.4, -0.2) is 21.3 Å². The van der Waals surface area contributed by atoms with Crippen molar-refractivity contribution in [2.45, 2.75) is 20.3 Å². The monoisotopic (exact) mass is 230 g/mol. The number of H-pyrrole nitrogens is 1. The smallest absolute Gasteiger partial charge is 0.354 e. The number of aromatic carboxylic acids is 1. The van der Waals surface area contributed by atoms with E-state index in [9.17, 15) is 4.79 Å². The van der Waals surface area contributed by atoms with Crippen molar-refractivity contribution in [2.24, 2.45) is 0 Å². The molecule has 0 radical (unpaired) electrons. The van der Waals surface area contributed by atoms with Gasteiger partial charge in [0.05, 0.1) is 5.69 Å². The number of aryl methyl sites for hydroxylation is 2. The molecule has 2 N–H and O–H groups in total. The number of aromatic nitrogens is 2. The molecule has 0 aliphatic rings. The highest BCUT2D eigenvalue weighted by Crippen LogP contribution is 2.16. The summed E-state index contributed by atoms with van der Waals surface area (Å²) in [6.45, 7) is 3.84. The largest absolute Gasteiger partial charge is 0.477 e. The van der Waals surface area contributed by atoms with Gasteiger partial charge in [-0.25, -0.2) is 4.79 Å². The number of hydrogen-bond donors (Lipinski definition) is 2. The van der Waals surface area contributed by atoms with Crippen molar-refractivity contribution in [3.05, 3.63) is 52.3 Å². The number of aromatic amines is 1. The molecule has 0 fully saturated rings. The van der Waals surface area contributed by atoms with Crippen LogP contribution in [-0.2, 0) is 6.42 Å². The lowest BCUT2D eigenvalue weighted by Crippen LogP contribution is -2.02. The van der Waals surface area contributed by atoms with Gasteiger partial charge in [-0.15, -0.1) is 0 Å². The van der Waals surface area contributed by atoms with E-state index in [-0.39, 0.29) is 5.69 Å². The summed E-state index contributed by atoms with van der Waals surface area (Å²) in [5.74, 6) is -0.965. The van der Waals surface area contributed by atoms with Crippen molar-refractivity contribution in [3.63, 3.8) is 0 Å². The van der Waals surface area contributed by atoms with Crippen molar-refractivity contribution in [1.82, 2.24) is 10.2 Å². The third kappa shape index (κ3) is 2.36. The van der Waals surface area contributed by atoms with Crippen LogP contribution in [0.1, 0.15) is 32.9 Å². The first-order chi connectivity index (χ1) is 8.08. The Hall–Kier alpha value is -2.10. The van der Waals surface area contributed by atoms with Gasteiger partial charge in [0.25, 0.3) is 0 Å². The number of hydrogen-bond acceptors (Lipinski definition) is 2. The normalized spacial score (nSPS) is 10.5. The van der Waals surface area contributed by atoms with E-state index in [1.807, 2.05) is 38.1 Å². The minimum Gasteiger partial charge on any atom is -0.477 e. The third-order valence-corrected chi connectivity index (χ3v) is 2.79. The van der Waals surface area contributed by atoms with Crippen LogP contribution in [0.4, 0.5) is 0 Å². The number of nitrogens with one attached hydrogen (secondary N) is 1. The molecule has 0 saturated carbocycles. The van der Waals surface area contributed by atoms with Gasteiger partial charge in [0.2, 0.25) is 0 Å². The van der Waals surface area contributed by atoms with Gasteiger partial charge in [-0.2, -0.15) is 5.10 Å². The minimum atomic E-state index is -0.965. The van der Waals surface area contributed by atoms with Crippen molar-refractivity contribution >= 4 is 5.97 Å². The molecule has 1 aromatic heterocycles. The summed E-state index contributed by atoms with van der Waals surface area (Å²) in [4.78, 5) is 11.0. The molecule has 2 aromatic rings. The van der Waals surface area contributed by atoms with Gasteiger partial charge in [-0.3, -0.25) is 5.10 Å². The molecule has 17 heavy (non-hydrogen) atoms. The van der Waals surface area contributed by atoms with Crippen LogP contribution in [0.3, 0.4) is 0 Å². The Balaban J connectivity index is 2.32. The average Bonchev–Trinajstić information content (AvgIpc) is 2.64. The molecule has 88 valence electrons. The maximum Gasteiger partial charge on any atom is 0.354 e. The second kappa shape index (κ2) is 4.41. The van der Waals surface area contributed by atoms with Crippen LogP contribution < -0.4 is 0 Å². The van der Waals surface area contributed by atoms with E-state index in [1.165, 1.54) is 5.56 Å². The van der Waals surface area contributed by atoms with Gasteiger partial charge in [0.15, 0.2) is 0 Å². The van der Waals surface area contributed by atoms with Crippen LogP contribution in [0, 0.1) is 13.8 Å². The van der Waals surface area contributed by atoms with Gasteiger partial charge < -0.3 is 5.11 Å². The predicted octanol–water partition coefficient (Wildman–Crippen LogP) is 2.32. The van der Waals surface area contributed by atoms with Crippen molar-refractivity contribution in [1.29, 1.82) is 0 Å². The van der Waals surface area contributed by atoms with Crippen molar-refractivity contribution < 1.29 is 9.90 Å². The first kappa shape index (κ1) is 11.4. The molecule has 0 unspecified atom stereocenters. The molecule has 2 rings (SSSR count). The Morgan fingerprint density at radius 1 is 1.29 bits per heavy atom. The molecule has 0 spiro atoms. The minimum absolute atomic E-state index is 0.183. The van der Waals surface area contributed by atoms with Gasteiger partial charge in [0.1, 0.15) is 5.69 Å². The summed E-state index contributed by atoms with van der Waals surface area (Å²) < 4.78 is 0. The van der Waals surface area contributed by atoms with E-state index >= 15 is 0 Å². The maximum atomic E-state index is 11.0. The van der Waals surface area contributed by atoms with Gasteiger partial charge in [-0.1, -0.05) is 29.8 Å². The van der Waals surface area contributed by atoms with E-state index in [1.54, 1.807) is 0 Å². The standard InChI is InChI=1S/C13H14N2O2/c1-8-3-5-10(6-4-8)7-11-9(2)14-15-12(11)13(16)17/h3-6H,7H2,1-2H3,(H,14,15)(H,16,17). The molecular weight excluding hydrogens is 216 g/mol. The summed E-state index contributed by atoms with van der Waals surface area (Å²) >= 11 is 0.